The highest BCUT2D eigenvalue weighted by molar-refractivity contribution is 14.1. The van der Waals surface area contributed by atoms with Gasteiger partial charge in [-0.05, 0) is 64.9 Å². The first-order valence-electron chi connectivity index (χ1n) is 9.77. The van der Waals surface area contributed by atoms with E-state index in [1.54, 1.807) is 42.5 Å². The fourth-order valence-corrected chi connectivity index (χ4v) is 3.75. The van der Waals surface area contributed by atoms with Gasteiger partial charge in [-0.1, -0.05) is 48.5 Å². The summed E-state index contributed by atoms with van der Waals surface area (Å²) in [6.07, 6.45) is -0.0329. The lowest BCUT2D eigenvalue weighted by molar-refractivity contribution is -0.150. The summed E-state index contributed by atoms with van der Waals surface area (Å²) >= 11 is 2.05. The van der Waals surface area contributed by atoms with Gasteiger partial charge in [0.15, 0.2) is 0 Å². The highest BCUT2D eigenvalue weighted by atomic mass is 127. The Bertz CT molecular complexity index is 1110. The molecule has 3 aromatic rings. The van der Waals surface area contributed by atoms with E-state index in [9.17, 15) is 24.6 Å². The molecule has 0 radical (unpaired) electrons. The Labute approximate surface area is 198 Å². The molecule has 0 spiro atoms. The molecule has 0 aliphatic rings. The van der Waals surface area contributed by atoms with Crippen LogP contribution in [0.5, 0.6) is 0 Å². The first-order valence-corrected chi connectivity index (χ1v) is 10.8. The molecule has 2 atom stereocenters. The fourth-order valence-electron chi connectivity index (χ4n) is 3.26. The molecule has 3 aromatic carbocycles. The number of carboxylic acid groups (broad SMARTS) is 2. The van der Waals surface area contributed by atoms with Gasteiger partial charge in [-0.2, -0.15) is 0 Å². The topological polar surface area (TPSA) is 116 Å². The Morgan fingerprint density at radius 2 is 1.47 bits per heavy atom. The van der Waals surface area contributed by atoms with Crippen LogP contribution >= 0.6 is 22.6 Å². The molecule has 7 nitrogen and oxygen atoms in total. The normalized spacial score (nSPS) is 12.4. The summed E-state index contributed by atoms with van der Waals surface area (Å²) < 4.78 is 0.775. The number of aliphatic carboxylic acids is 2. The number of para-hydroxylation sites is 1. The van der Waals surface area contributed by atoms with Crippen molar-refractivity contribution in [3.05, 3.63) is 93.6 Å². The highest BCUT2D eigenvalue weighted by Crippen LogP contribution is 2.24. The fraction of sp³-hybridized carbons (Fsp3) is 0.125. The molecule has 1 amide bonds. The summed E-state index contributed by atoms with van der Waals surface area (Å²) in [7, 11) is 0. The number of hydrogen-bond acceptors (Lipinski definition) is 4. The number of rotatable bonds is 9. The van der Waals surface area contributed by atoms with Crippen molar-refractivity contribution in [2.45, 2.75) is 12.5 Å². The molecule has 3 rings (SSSR count). The van der Waals surface area contributed by atoms with Crippen molar-refractivity contribution in [1.82, 2.24) is 5.32 Å². The van der Waals surface area contributed by atoms with Gasteiger partial charge in [0, 0.05) is 9.26 Å². The van der Waals surface area contributed by atoms with E-state index < -0.39 is 29.8 Å². The monoisotopic (exact) mass is 544 g/mol. The Balaban J connectivity index is 1.88. The summed E-state index contributed by atoms with van der Waals surface area (Å²) in [5.41, 5.74) is 2.12. The summed E-state index contributed by atoms with van der Waals surface area (Å²) in [5, 5.41) is 25.0. The number of hydrogen-bond donors (Lipinski definition) is 4. The third-order valence-corrected chi connectivity index (χ3v) is 5.52. The first-order chi connectivity index (χ1) is 15.3. The molecule has 0 fully saturated rings. The molecule has 1 unspecified atom stereocenters. The quantitative estimate of drug-likeness (QED) is 0.301. The van der Waals surface area contributed by atoms with E-state index in [0.717, 1.165) is 9.26 Å². The van der Waals surface area contributed by atoms with E-state index in [0.29, 0.717) is 11.3 Å². The maximum Gasteiger partial charge on any atom is 0.327 e. The Hall–Kier alpha value is -3.40. The van der Waals surface area contributed by atoms with E-state index in [1.165, 1.54) is 0 Å². The summed E-state index contributed by atoms with van der Waals surface area (Å²) in [4.78, 5) is 36.9. The van der Waals surface area contributed by atoms with E-state index in [1.807, 2.05) is 36.4 Å². The summed E-state index contributed by atoms with van der Waals surface area (Å²) in [6, 6.07) is 21.5. The van der Waals surface area contributed by atoms with E-state index in [2.05, 4.69) is 33.2 Å². The van der Waals surface area contributed by atoms with Gasteiger partial charge < -0.3 is 20.8 Å². The minimum absolute atomic E-state index is 0.0329. The molecular weight excluding hydrogens is 523 g/mol. The molecule has 0 bridgehead atoms. The van der Waals surface area contributed by atoms with Crippen molar-refractivity contribution in [1.29, 1.82) is 0 Å². The molecule has 164 valence electrons. The maximum absolute atomic E-state index is 13.1. The van der Waals surface area contributed by atoms with Gasteiger partial charge in [0.2, 0.25) is 0 Å². The smallest absolute Gasteiger partial charge is 0.327 e. The third-order valence-electron chi connectivity index (χ3n) is 4.85. The maximum atomic E-state index is 13.1. The minimum atomic E-state index is -1.61. The molecular formula is C24H21IN2O5. The SMILES string of the molecule is O=C(N[C@H](C(=O)O)C(Cc1ccccc1)C(=O)O)c1cc(I)ccc1Nc1ccccc1. The van der Waals surface area contributed by atoms with E-state index in [4.69, 9.17) is 0 Å². The van der Waals surface area contributed by atoms with Crippen molar-refractivity contribution in [3.63, 3.8) is 0 Å². The van der Waals surface area contributed by atoms with Gasteiger partial charge in [0.05, 0.1) is 17.2 Å². The number of benzene rings is 3. The first kappa shape index (κ1) is 23.3. The minimum Gasteiger partial charge on any atom is -0.481 e. The molecule has 0 aliphatic carbocycles. The number of nitrogens with one attached hydrogen (secondary N) is 2. The molecule has 8 heteroatoms. The van der Waals surface area contributed by atoms with Crippen LogP contribution in [0.25, 0.3) is 0 Å². The highest BCUT2D eigenvalue weighted by Gasteiger charge is 2.35. The molecule has 4 N–H and O–H groups in total. The van der Waals surface area contributed by atoms with Gasteiger partial charge in [-0.25, -0.2) is 4.79 Å². The standard InChI is InChI=1S/C24H21IN2O5/c25-16-11-12-20(26-17-9-5-2-6-10-17)18(14-16)22(28)27-21(24(31)32)19(23(29)30)13-15-7-3-1-4-8-15/h1-12,14,19,21,26H,13H2,(H,27,28)(H,29,30)(H,31,32)/t19?,21-/m0/s1. The molecule has 32 heavy (non-hydrogen) atoms. The van der Waals surface area contributed by atoms with Crippen LogP contribution in [-0.2, 0) is 16.0 Å². The van der Waals surface area contributed by atoms with Crippen LogP contribution in [0.1, 0.15) is 15.9 Å². The number of amides is 1. The largest absolute Gasteiger partial charge is 0.481 e. The molecule has 0 saturated heterocycles. The van der Waals surface area contributed by atoms with Crippen molar-refractivity contribution >= 4 is 51.8 Å². The molecule has 0 aliphatic heterocycles. The van der Waals surface area contributed by atoms with Crippen LogP contribution in [0.4, 0.5) is 11.4 Å². The lowest BCUT2D eigenvalue weighted by atomic mass is 9.91. The summed E-state index contributed by atoms with van der Waals surface area (Å²) in [5.74, 6) is -4.72. The van der Waals surface area contributed by atoms with E-state index in [-0.39, 0.29) is 12.0 Å². The average Bonchev–Trinajstić information content (AvgIpc) is 2.78. The second kappa shape index (κ2) is 10.8. The van der Waals surface area contributed by atoms with Crippen LogP contribution in [0.3, 0.4) is 0 Å². The Kier molecular flexibility index (Phi) is 7.82. The Morgan fingerprint density at radius 3 is 2.06 bits per heavy atom. The zero-order valence-electron chi connectivity index (χ0n) is 16.9. The van der Waals surface area contributed by atoms with Gasteiger partial charge in [-0.15, -0.1) is 0 Å². The molecule has 0 aromatic heterocycles. The van der Waals surface area contributed by atoms with Crippen molar-refractivity contribution in [3.8, 4) is 0 Å². The van der Waals surface area contributed by atoms with Gasteiger partial charge >= 0.3 is 11.9 Å². The number of carbonyl (C=O) groups is 3. The second-order valence-corrected chi connectivity index (χ2v) is 8.35. The van der Waals surface area contributed by atoms with Crippen LogP contribution < -0.4 is 10.6 Å². The molecule has 0 heterocycles. The zero-order chi connectivity index (χ0) is 23.1. The van der Waals surface area contributed by atoms with Gasteiger partial charge in [-0.3, -0.25) is 9.59 Å². The predicted octanol–water partition coefficient (Wildman–Crippen LogP) is 4.16. The van der Waals surface area contributed by atoms with Crippen molar-refractivity contribution in [2.75, 3.05) is 5.32 Å². The van der Waals surface area contributed by atoms with E-state index >= 15 is 0 Å². The summed E-state index contributed by atoms with van der Waals surface area (Å²) in [6.45, 7) is 0. The number of carboxylic acids is 2. The lowest BCUT2D eigenvalue weighted by Gasteiger charge is -2.22. The van der Waals surface area contributed by atoms with Crippen LogP contribution in [0.2, 0.25) is 0 Å². The predicted molar refractivity (Wildman–Crippen MR) is 129 cm³/mol. The number of halogens is 1. The van der Waals surface area contributed by atoms with Crippen molar-refractivity contribution in [2.24, 2.45) is 5.92 Å². The number of anilines is 2. The van der Waals surface area contributed by atoms with Crippen LogP contribution in [0, 0.1) is 9.49 Å². The lowest BCUT2D eigenvalue weighted by Crippen LogP contribution is -2.49. The van der Waals surface area contributed by atoms with Crippen LogP contribution in [0.15, 0.2) is 78.9 Å². The van der Waals surface area contributed by atoms with Crippen LogP contribution in [-0.4, -0.2) is 34.1 Å². The average molecular weight is 544 g/mol. The van der Waals surface area contributed by atoms with Gasteiger partial charge in [0.25, 0.3) is 5.91 Å². The second-order valence-electron chi connectivity index (χ2n) is 7.10. The molecule has 0 saturated carbocycles. The Morgan fingerprint density at radius 1 is 0.844 bits per heavy atom. The third kappa shape index (κ3) is 6.07. The van der Waals surface area contributed by atoms with Gasteiger partial charge in [0.1, 0.15) is 6.04 Å². The number of carbonyl (C=O) groups excluding carboxylic acids is 1. The van der Waals surface area contributed by atoms with Crippen molar-refractivity contribution < 1.29 is 24.6 Å². The zero-order valence-corrected chi connectivity index (χ0v) is 19.0.